The summed E-state index contributed by atoms with van der Waals surface area (Å²) in [7, 11) is 0. The number of hydrogen-bond donors (Lipinski definition) is 1. The highest BCUT2D eigenvalue weighted by atomic mass is 16.5. The summed E-state index contributed by atoms with van der Waals surface area (Å²) in [6.45, 7) is 4.20. The summed E-state index contributed by atoms with van der Waals surface area (Å²) in [4.78, 5) is 22.3. The number of aldehydes is 1. The van der Waals surface area contributed by atoms with Crippen LogP contribution in [0.4, 0.5) is 4.79 Å². The largest absolute Gasteiger partial charge is 0.445 e. The molecule has 0 fully saturated rings. The Kier molecular flexibility index (Phi) is 5.91. The van der Waals surface area contributed by atoms with E-state index in [0.29, 0.717) is 12.3 Å². The molecule has 0 saturated carbocycles. The molecule has 4 heteroatoms. The lowest BCUT2D eigenvalue weighted by Crippen LogP contribution is -2.37. The SMILES string of the molecule is CC(C)C[C@@H](C=O)NC(=O)OCc1ccccc1. The molecule has 1 aromatic rings. The smallest absolute Gasteiger partial charge is 0.408 e. The Morgan fingerprint density at radius 3 is 2.56 bits per heavy atom. The summed E-state index contributed by atoms with van der Waals surface area (Å²) in [6.07, 6.45) is 0.796. The first-order chi connectivity index (χ1) is 8.61. The summed E-state index contributed by atoms with van der Waals surface area (Å²) in [5.74, 6) is 0.342. The van der Waals surface area contributed by atoms with Gasteiger partial charge in [0.2, 0.25) is 0 Å². The van der Waals surface area contributed by atoms with Gasteiger partial charge in [-0.2, -0.15) is 0 Å². The van der Waals surface area contributed by atoms with Gasteiger partial charge in [0.15, 0.2) is 0 Å². The monoisotopic (exact) mass is 249 g/mol. The van der Waals surface area contributed by atoms with Crippen molar-refractivity contribution in [2.75, 3.05) is 0 Å². The third kappa shape index (κ3) is 5.48. The average Bonchev–Trinajstić information content (AvgIpc) is 2.36. The maximum atomic E-state index is 11.5. The first-order valence-electron chi connectivity index (χ1n) is 6.04. The third-order valence-corrected chi connectivity index (χ3v) is 2.41. The average molecular weight is 249 g/mol. The van der Waals surface area contributed by atoms with Crippen LogP contribution in [0.1, 0.15) is 25.8 Å². The zero-order valence-electron chi connectivity index (χ0n) is 10.8. The van der Waals surface area contributed by atoms with E-state index in [-0.39, 0.29) is 6.61 Å². The zero-order chi connectivity index (χ0) is 13.4. The Morgan fingerprint density at radius 2 is 2.00 bits per heavy atom. The molecule has 1 aromatic carbocycles. The van der Waals surface area contributed by atoms with E-state index in [1.807, 2.05) is 44.2 Å². The Labute approximate surface area is 107 Å². The fourth-order valence-corrected chi connectivity index (χ4v) is 1.57. The van der Waals surface area contributed by atoms with Gasteiger partial charge in [0.1, 0.15) is 12.9 Å². The molecule has 0 aliphatic carbocycles. The van der Waals surface area contributed by atoms with Crippen LogP contribution in [0, 0.1) is 5.92 Å². The van der Waals surface area contributed by atoms with Crippen molar-refractivity contribution in [2.45, 2.75) is 32.9 Å². The van der Waals surface area contributed by atoms with Gasteiger partial charge in [-0.25, -0.2) is 4.79 Å². The normalized spacial score (nSPS) is 11.9. The van der Waals surface area contributed by atoms with E-state index in [1.165, 1.54) is 0 Å². The van der Waals surface area contributed by atoms with Gasteiger partial charge >= 0.3 is 6.09 Å². The second-order valence-electron chi connectivity index (χ2n) is 4.58. The van der Waals surface area contributed by atoms with Gasteiger partial charge in [0, 0.05) is 0 Å². The number of rotatable bonds is 6. The minimum absolute atomic E-state index is 0.208. The molecule has 1 N–H and O–H groups in total. The zero-order valence-corrected chi connectivity index (χ0v) is 10.8. The molecule has 0 radical (unpaired) electrons. The van der Waals surface area contributed by atoms with E-state index in [4.69, 9.17) is 4.74 Å². The number of amides is 1. The van der Waals surface area contributed by atoms with Crippen molar-refractivity contribution < 1.29 is 14.3 Å². The van der Waals surface area contributed by atoms with Crippen molar-refractivity contribution in [2.24, 2.45) is 5.92 Å². The molecule has 98 valence electrons. The summed E-state index contributed by atoms with van der Waals surface area (Å²) in [5.41, 5.74) is 0.916. The van der Waals surface area contributed by atoms with Crippen molar-refractivity contribution in [3.63, 3.8) is 0 Å². The Balaban J connectivity index is 2.34. The molecule has 1 rings (SSSR count). The lowest BCUT2D eigenvalue weighted by atomic mass is 10.1. The summed E-state index contributed by atoms with van der Waals surface area (Å²) < 4.78 is 5.03. The van der Waals surface area contributed by atoms with Gasteiger partial charge in [-0.3, -0.25) is 0 Å². The van der Waals surface area contributed by atoms with Crippen LogP contribution >= 0.6 is 0 Å². The molecule has 0 aliphatic heterocycles. The third-order valence-electron chi connectivity index (χ3n) is 2.41. The molecule has 0 spiro atoms. The van der Waals surface area contributed by atoms with Crippen LogP contribution in [0.5, 0.6) is 0 Å². The number of benzene rings is 1. The van der Waals surface area contributed by atoms with Crippen molar-refractivity contribution in [1.82, 2.24) is 5.32 Å². The molecule has 0 aromatic heterocycles. The predicted octanol–water partition coefficient (Wildman–Crippen LogP) is 2.53. The quantitative estimate of drug-likeness (QED) is 0.788. The van der Waals surface area contributed by atoms with Gasteiger partial charge in [-0.05, 0) is 17.9 Å². The van der Waals surface area contributed by atoms with Gasteiger partial charge in [0.05, 0.1) is 6.04 Å². The number of alkyl carbamates (subject to hydrolysis) is 1. The van der Waals surface area contributed by atoms with Crippen LogP contribution in [0.3, 0.4) is 0 Å². The molecule has 1 amide bonds. The topological polar surface area (TPSA) is 55.4 Å². The highest BCUT2D eigenvalue weighted by Gasteiger charge is 2.13. The van der Waals surface area contributed by atoms with Crippen molar-refractivity contribution in [3.8, 4) is 0 Å². The van der Waals surface area contributed by atoms with E-state index >= 15 is 0 Å². The van der Waals surface area contributed by atoms with E-state index in [2.05, 4.69) is 5.32 Å². The Morgan fingerprint density at radius 1 is 1.33 bits per heavy atom. The molecule has 0 aliphatic rings. The van der Waals surface area contributed by atoms with Crippen molar-refractivity contribution in [1.29, 1.82) is 0 Å². The van der Waals surface area contributed by atoms with Crippen LogP contribution in [-0.4, -0.2) is 18.4 Å². The van der Waals surface area contributed by atoms with Crippen LogP contribution in [0.2, 0.25) is 0 Å². The fourth-order valence-electron chi connectivity index (χ4n) is 1.57. The van der Waals surface area contributed by atoms with E-state index in [0.717, 1.165) is 11.8 Å². The van der Waals surface area contributed by atoms with Crippen molar-refractivity contribution >= 4 is 12.4 Å². The van der Waals surface area contributed by atoms with Gasteiger partial charge < -0.3 is 14.8 Å². The Hall–Kier alpha value is -1.84. The number of nitrogens with one attached hydrogen (secondary N) is 1. The second-order valence-corrected chi connectivity index (χ2v) is 4.58. The van der Waals surface area contributed by atoms with E-state index < -0.39 is 12.1 Å². The molecule has 0 heterocycles. The summed E-state index contributed by atoms with van der Waals surface area (Å²) in [5, 5.41) is 2.54. The first kappa shape index (κ1) is 14.2. The number of carbonyl (C=O) groups is 2. The second kappa shape index (κ2) is 7.48. The number of carbonyl (C=O) groups excluding carboxylic acids is 2. The maximum Gasteiger partial charge on any atom is 0.408 e. The molecular formula is C14H19NO3. The molecule has 0 unspecified atom stereocenters. The predicted molar refractivity (Wildman–Crippen MR) is 69.1 cm³/mol. The minimum atomic E-state index is -0.559. The van der Waals surface area contributed by atoms with Gasteiger partial charge in [-0.1, -0.05) is 44.2 Å². The molecule has 1 atom stereocenters. The molecule has 0 saturated heterocycles. The highest BCUT2D eigenvalue weighted by Crippen LogP contribution is 2.04. The van der Waals surface area contributed by atoms with Crippen LogP contribution < -0.4 is 5.32 Å². The number of ether oxygens (including phenoxy) is 1. The lowest BCUT2D eigenvalue weighted by Gasteiger charge is -2.14. The Bertz CT molecular complexity index is 376. The number of hydrogen-bond acceptors (Lipinski definition) is 3. The molecule has 18 heavy (non-hydrogen) atoms. The van der Waals surface area contributed by atoms with Crippen LogP contribution in [-0.2, 0) is 16.1 Å². The van der Waals surface area contributed by atoms with Gasteiger partial charge in [0.25, 0.3) is 0 Å². The standard InChI is InChI=1S/C14H19NO3/c1-11(2)8-13(9-16)15-14(17)18-10-12-6-4-3-5-7-12/h3-7,9,11,13H,8,10H2,1-2H3,(H,15,17)/t13-/m0/s1. The maximum absolute atomic E-state index is 11.5. The van der Waals surface area contributed by atoms with E-state index in [9.17, 15) is 9.59 Å². The van der Waals surface area contributed by atoms with Crippen LogP contribution in [0.25, 0.3) is 0 Å². The summed E-state index contributed by atoms with van der Waals surface area (Å²) >= 11 is 0. The first-order valence-corrected chi connectivity index (χ1v) is 6.04. The molecular weight excluding hydrogens is 230 g/mol. The van der Waals surface area contributed by atoms with Gasteiger partial charge in [-0.15, -0.1) is 0 Å². The van der Waals surface area contributed by atoms with Crippen LogP contribution in [0.15, 0.2) is 30.3 Å². The summed E-state index contributed by atoms with van der Waals surface area (Å²) in [6, 6.07) is 8.92. The fraction of sp³-hybridized carbons (Fsp3) is 0.429. The molecule has 0 bridgehead atoms. The highest BCUT2D eigenvalue weighted by molar-refractivity contribution is 5.73. The lowest BCUT2D eigenvalue weighted by molar-refractivity contribution is -0.109. The minimum Gasteiger partial charge on any atom is -0.445 e. The molecule has 4 nitrogen and oxygen atoms in total. The van der Waals surface area contributed by atoms with Crippen molar-refractivity contribution in [3.05, 3.63) is 35.9 Å². The van der Waals surface area contributed by atoms with E-state index in [1.54, 1.807) is 0 Å².